The second kappa shape index (κ2) is 6.48. The highest BCUT2D eigenvalue weighted by Gasteiger charge is 2.68. The van der Waals surface area contributed by atoms with Crippen molar-refractivity contribution in [2.24, 2.45) is 16.7 Å². The molecule has 0 bridgehead atoms. The third-order valence-electron chi connectivity index (χ3n) is 5.72. The summed E-state index contributed by atoms with van der Waals surface area (Å²) in [6.07, 6.45) is 0. The summed E-state index contributed by atoms with van der Waals surface area (Å²) in [5, 5.41) is 6.48. The lowest BCUT2D eigenvalue weighted by molar-refractivity contribution is -0.118. The van der Waals surface area contributed by atoms with Crippen molar-refractivity contribution in [1.29, 1.82) is 0 Å². The lowest BCUT2D eigenvalue weighted by Crippen LogP contribution is -2.28. The summed E-state index contributed by atoms with van der Waals surface area (Å²) in [5.41, 5.74) is 1.43. The average molecular weight is 353 g/mol. The van der Waals surface area contributed by atoms with Gasteiger partial charge in [0.15, 0.2) is 0 Å². The molecule has 24 heavy (non-hydrogen) atoms. The molecule has 0 atom stereocenters. The molecule has 0 saturated heterocycles. The van der Waals surface area contributed by atoms with E-state index in [9.17, 15) is 9.59 Å². The predicted octanol–water partition coefficient (Wildman–Crippen LogP) is 3.36. The standard InChI is InChI=1S/C18H28N2O3S/c1-10-11(2)24-16(12(10)14(21)19-8-9-23-7)20-15(22)13-17(3,4)18(13,5)6/h13H,8-9H2,1-7H3,(H,19,21)(H,20,22). The number of amides is 2. The summed E-state index contributed by atoms with van der Waals surface area (Å²) in [7, 11) is 1.59. The first-order valence-corrected chi connectivity index (χ1v) is 9.05. The number of ether oxygens (including phenoxy) is 1. The quantitative estimate of drug-likeness (QED) is 0.772. The molecule has 134 valence electrons. The molecule has 6 heteroatoms. The van der Waals surface area contributed by atoms with Gasteiger partial charge >= 0.3 is 0 Å². The van der Waals surface area contributed by atoms with Gasteiger partial charge in [0.05, 0.1) is 12.2 Å². The van der Waals surface area contributed by atoms with Crippen molar-refractivity contribution in [1.82, 2.24) is 5.32 Å². The smallest absolute Gasteiger partial charge is 0.254 e. The Bertz CT molecular complexity index is 647. The van der Waals surface area contributed by atoms with Crippen LogP contribution in [0.2, 0.25) is 0 Å². The summed E-state index contributed by atoms with van der Waals surface area (Å²) < 4.78 is 4.96. The Labute approximate surface area is 148 Å². The lowest BCUT2D eigenvalue weighted by Gasteiger charge is -2.09. The van der Waals surface area contributed by atoms with E-state index in [2.05, 4.69) is 38.3 Å². The zero-order valence-corrected chi connectivity index (χ0v) is 16.4. The molecule has 2 amide bonds. The first-order valence-electron chi connectivity index (χ1n) is 8.23. The molecule has 1 aromatic rings. The van der Waals surface area contributed by atoms with Crippen LogP contribution >= 0.6 is 11.3 Å². The third-order valence-corrected chi connectivity index (χ3v) is 6.85. The molecule has 1 aliphatic rings. The number of aryl methyl sites for hydroxylation is 1. The van der Waals surface area contributed by atoms with Gasteiger partial charge in [0.1, 0.15) is 5.00 Å². The number of thiophene rings is 1. The van der Waals surface area contributed by atoms with Crippen molar-refractivity contribution in [3.8, 4) is 0 Å². The Morgan fingerprint density at radius 2 is 1.75 bits per heavy atom. The molecule has 5 nitrogen and oxygen atoms in total. The number of rotatable bonds is 6. The van der Waals surface area contributed by atoms with E-state index in [1.54, 1.807) is 7.11 Å². The van der Waals surface area contributed by atoms with Crippen LogP contribution in [0, 0.1) is 30.6 Å². The van der Waals surface area contributed by atoms with Gasteiger partial charge in [-0.25, -0.2) is 0 Å². The summed E-state index contributed by atoms with van der Waals surface area (Å²) in [6, 6.07) is 0. The van der Waals surface area contributed by atoms with Gasteiger partial charge < -0.3 is 15.4 Å². The number of hydrogen-bond acceptors (Lipinski definition) is 4. The number of nitrogens with one attached hydrogen (secondary N) is 2. The molecule has 0 spiro atoms. The zero-order valence-electron chi connectivity index (χ0n) is 15.6. The van der Waals surface area contributed by atoms with Crippen LogP contribution in [-0.2, 0) is 9.53 Å². The highest BCUT2D eigenvalue weighted by atomic mass is 32.1. The molecule has 1 aromatic heterocycles. The first kappa shape index (κ1) is 18.9. The molecule has 0 aromatic carbocycles. The van der Waals surface area contributed by atoms with Crippen LogP contribution in [0.3, 0.4) is 0 Å². The van der Waals surface area contributed by atoms with Gasteiger partial charge in [-0.15, -0.1) is 11.3 Å². The molecule has 0 unspecified atom stereocenters. The topological polar surface area (TPSA) is 67.4 Å². The average Bonchev–Trinajstić information content (AvgIpc) is 2.71. The highest BCUT2D eigenvalue weighted by molar-refractivity contribution is 7.16. The Kier molecular flexibility index (Phi) is 5.11. The van der Waals surface area contributed by atoms with E-state index in [0.717, 1.165) is 10.4 Å². The van der Waals surface area contributed by atoms with Crippen LogP contribution in [0.15, 0.2) is 0 Å². The Balaban J connectivity index is 2.18. The Morgan fingerprint density at radius 1 is 1.17 bits per heavy atom. The van der Waals surface area contributed by atoms with Crippen molar-refractivity contribution in [3.63, 3.8) is 0 Å². The molecule has 1 heterocycles. The van der Waals surface area contributed by atoms with Crippen molar-refractivity contribution in [2.75, 3.05) is 25.6 Å². The number of hydrogen-bond donors (Lipinski definition) is 2. The number of methoxy groups -OCH3 is 1. The Hall–Kier alpha value is -1.40. The van der Waals surface area contributed by atoms with Gasteiger partial charge in [-0.2, -0.15) is 0 Å². The van der Waals surface area contributed by atoms with Crippen molar-refractivity contribution in [3.05, 3.63) is 16.0 Å². The number of anilines is 1. The fraction of sp³-hybridized carbons (Fsp3) is 0.667. The zero-order chi connectivity index (χ0) is 18.3. The minimum Gasteiger partial charge on any atom is -0.383 e. The molecular formula is C18H28N2O3S. The fourth-order valence-corrected chi connectivity index (χ4v) is 4.44. The van der Waals surface area contributed by atoms with Crippen LogP contribution in [0.1, 0.15) is 48.5 Å². The molecule has 1 fully saturated rings. The van der Waals surface area contributed by atoms with E-state index < -0.39 is 0 Å². The van der Waals surface area contributed by atoms with Gasteiger partial charge in [0.2, 0.25) is 5.91 Å². The van der Waals surface area contributed by atoms with Crippen molar-refractivity contribution >= 4 is 28.2 Å². The van der Waals surface area contributed by atoms with Crippen LogP contribution in [-0.4, -0.2) is 32.1 Å². The van der Waals surface area contributed by atoms with Crippen LogP contribution in [0.4, 0.5) is 5.00 Å². The summed E-state index contributed by atoms with van der Waals surface area (Å²) in [5.74, 6) is -0.215. The maximum atomic E-state index is 12.7. The van der Waals surface area contributed by atoms with Crippen LogP contribution in [0.5, 0.6) is 0 Å². The van der Waals surface area contributed by atoms with Crippen LogP contribution in [0.25, 0.3) is 0 Å². The monoisotopic (exact) mass is 352 g/mol. The van der Waals surface area contributed by atoms with Crippen LogP contribution < -0.4 is 10.6 Å². The maximum absolute atomic E-state index is 12.7. The highest BCUT2D eigenvalue weighted by Crippen LogP contribution is 2.68. The molecule has 2 N–H and O–H groups in total. The van der Waals surface area contributed by atoms with E-state index in [-0.39, 0.29) is 28.6 Å². The molecule has 0 radical (unpaired) electrons. The van der Waals surface area contributed by atoms with E-state index >= 15 is 0 Å². The van der Waals surface area contributed by atoms with Crippen molar-refractivity contribution < 1.29 is 14.3 Å². The van der Waals surface area contributed by atoms with Gasteiger partial charge in [-0.1, -0.05) is 27.7 Å². The summed E-state index contributed by atoms with van der Waals surface area (Å²) in [6.45, 7) is 13.2. The van der Waals surface area contributed by atoms with E-state index in [0.29, 0.717) is 23.7 Å². The van der Waals surface area contributed by atoms with Gasteiger partial charge in [-0.3, -0.25) is 9.59 Å². The summed E-state index contributed by atoms with van der Waals surface area (Å²) >= 11 is 1.46. The van der Waals surface area contributed by atoms with E-state index in [1.165, 1.54) is 11.3 Å². The SMILES string of the molecule is COCCNC(=O)c1c(NC(=O)C2C(C)(C)C2(C)C)sc(C)c1C. The first-order chi connectivity index (χ1) is 11.1. The minimum absolute atomic E-state index is 0.00260. The summed E-state index contributed by atoms with van der Waals surface area (Å²) in [4.78, 5) is 26.2. The van der Waals surface area contributed by atoms with Crippen molar-refractivity contribution in [2.45, 2.75) is 41.5 Å². The number of carbonyl (C=O) groups is 2. The predicted molar refractivity (Wildman–Crippen MR) is 97.7 cm³/mol. The maximum Gasteiger partial charge on any atom is 0.254 e. The largest absolute Gasteiger partial charge is 0.383 e. The molecular weight excluding hydrogens is 324 g/mol. The molecule has 1 saturated carbocycles. The normalized spacial score (nSPS) is 18.3. The van der Waals surface area contributed by atoms with E-state index in [4.69, 9.17) is 4.74 Å². The molecule has 1 aliphatic carbocycles. The minimum atomic E-state index is -0.168. The lowest BCUT2D eigenvalue weighted by atomic mass is 10.0. The second-order valence-corrected chi connectivity index (χ2v) is 8.83. The second-order valence-electron chi connectivity index (χ2n) is 7.60. The van der Waals surface area contributed by atoms with Gasteiger partial charge in [0.25, 0.3) is 5.91 Å². The molecule has 0 aliphatic heterocycles. The third kappa shape index (κ3) is 3.09. The fourth-order valence-electron chi connectivity index (χ4n) is 3.38. The van der Waals surface area contributed by atoms with E-state index in [1.807, 2.05) is 13.8 Å². The Morgan fingerprint density at radius 3 is 2.25 bits per heavy atom. The van der Waals surface area contributed by atoms with Gasteiger partial charge in [-0.05, 0) is 30.2 Å². The van der Waals surface area contributed by atoms with Gasteiger partial charge in [0, 0.05) is 24.4 Å². The molecule has 2 rings (SSSR count). The number of carbonyl (C=O) groups excluding carboxylic acids is 2.